The van der Waals surface area contributed by atoms with Crippen LogP contribution in [0, 0.1) is 12.1 Å². The molecule has 0 fully saturated rings. The van der Waals surface area contributed by atoms with E-state index in [9.17, 15) is 0 Å². The zero-order chi connectivity index (χ0) is 8.49. The first kappa shape index (κ1) is 25.1. The predicted molar refractivity (Wildman–Crippen MR) is 61.7 cm³/mol. The number of benzene rings is 2. The van der Waals surface area contributed by atoms with E-state index >= 15 is 0 Å². The number of halogens is 2. The van der Waals surface area contributed by atoms with Crippen LogP contribution in [0.4, 0.5) is 0 Å². The van der Waals surface area contributed by atoms with Crippen LogP contribution in [0.5, 0.6) is 0 Å². The van der Waals surface area contributed by atoms with Crippen LogP contribution in [0.2, 0.25) is 0 Å². The molecule has 2 aromatic rings. The molecule has 0 N–H and O–H groups in total. The largest absolute Gasteiger partial charge is 2.00 e. The van der Waals surface area contributed by atoms with Gasteiger partial charge >= 0.3 is 20.4 Å². The Bertz CT molecular complexity index is 194. The summed E-state index contributed by atoms with van der Waals surface area (Å²) in [5.41, 5.74) is 0. The third-order valence-corrected chi connectivity index (χ3v) is 1.21. The Hall–Kier alpha value is 0.112. The van der Waals surface area contributed by atoms with Crippen LogP contribution in [-0.2, 0) is 20.4 Å². The predicted octanol–water partition coefficient (Wildman–Crippen LogP) is -2.96. The number of hydrogen-bond acceptors (Lipinski definition) is 0. The minimum atomic E-state index is 0. The average molecular weight is 366 g/mol. The smallest absolute Gasteiger partial charge is 1.00 e. The van der Waals surface area contributed by atoms with Gasteiger partial charge in [-0.3, -0.25) is 0 Å². The molecule has 1 unspecified atom stereocenters. The fraction of sp³-hybridized carbons (Fsp3) is 0. The van der Waals surface area contributed by atoms with E-state index in [4.69, 9.17) is 0 Å². The van der Waals surface area contributed by atoms with Crippen molar-refractivity contribution in [1.82, 2.24) is 0 Å². The molecule has 0 bridgehead atoms. The van der Waals surface area contributed by atoms with Crippen LogP contribution in [0.1, 0.15) is 0 Å². The first-order valence-electron chi connectivity index (χ1n) is 3.82. The Morgan fingerprint density at radius 1 is 0.500 bits per heavy atom. The number of hydrogen-bond donors (Lipinski definition) is 0. The Labute approximate surface area is 127 Å². The zero-order valence-corrected chi connectivity index (χ0v) is 13.0. The summed E-state index contributed by atoms with van der Waals surface area (Å²) in [7, 11) is 0. The van der Waals surface area contributed by atoms with Crippen molar-refractivity contribution in [2.24, 2.45) is 0 Å². The molecule has 2 aromatic carbocycles. The van der Waals surface area contributed by atoms with Gasteiger partial charge in [-0.25, -0.2) is 0 Å². The minimum absolute atomic E-state index is 0. The topological polar surface area (TPSA) is 0 Å². The summed E-state index contributed by atoms with van der Waals surface area (Å²) >= 11 is 0. The molecular formula is C12H13Cl2PPd-2. The van der Waals surface area contributed by atoms with E-state index in [-0.39, 0.29) is 55.1 Å². The maximum Gasteiger partial charge on any atom is 2.00 e. The Morgan fingerprint density at radius 2 is 0.750 bits per heavy atom. The van der Waals surface area contributed by atoms with Crippen LogP contribution in [0.15, 0.2) is 60.7 Å². The van der Waals surface area contributed by atoms with Crippen LogP contribution in [0.3, 0.4) is 0 Å². The first-order chi connectivity index (χ1) is 6.00. The van der Waals surface area contributed by atoms with Crippen molar-refractivity contribution in [3.05, 3.63) is 72.8 Å². The Morgan fingerprint density at radius 3 is 0.812 bits per heavy atom. The van der Waals surface area contributed by atoms with Crippen molar-refractivity contribution in [3.63, 3.8) is 0 Å². The van der Waals surface area contributed by atoms with Crippen molar-refractivity contribution in [2.45, 2.75) is 0 Å². The fourth-order valence-corrected chi connectivity index (χ4v) is 0.684. The van der Waals surface area contributed by atoms with Crippen LogP contribution in [0.25, 0.3) is 0 Å². The SMILES string of the molecule is P.[Cl-].[Cl-].[Pd+2].[c-]1ccccc1.[c-]1ccccc1. The molecule has 0 aliphatic heterocycles. The van der Waals surface area contributed by atoms with Gasteiger partial charge in [-0.2, -0.15) is 82.7 Å². The van der Waals surface area contributed by atoms with Gasteiger partial charge in [0.2, 0.25) is 0 Å². The van der Waals surface area contributed by atoms with E-state index in [0.717, 1.165) is 0 Å². The van der Waals surface area contributed by atoms with Crippen molar-refractivity contribution in [2.75, 3.05) is 0 Å². The van der Waals surface area contributed by atoms with E-state index < -0.39 is 0 Å². The van der Waals surface area contributed by atoms with Crippen LogP contribution >= 0.6 is 9.90 Å². The summed E-state index contributed by atoms with van der Waals surface area (Å²) in [6, 6.07) is 25.0. The molecule has 2 rings (SSSR count). The summed E-state index contributed by atoms with van der Waals surface area (Å²) in [6.45, 7) is 0. The number of rotatable bonds is 0. The Kier molecular flexibility index (Phi) is 32.2. The zero-order valence-electron chi connectivity index (χ0n) is 8.55. The summed E-state index contributed by atoms with van der Waals surface area (Å²) in [5.74, 6) is 0. The molecule has 0 heterocycles. The van der Waals surface area contributed by atoms with Gasteiger partial charge in [0.25, 0.3) is 0 Å². The molecule has 0 nitrogen and oxygen atoms in total. The Balaban J connectivity index is -0.0000000720. The average Bonchev–Trinajstić information content (AvgIpc) is 2.24. The summed E-state index contributed by atoms with van der Waals surface area (Å²) in [6.07, 6.45) is 0. The molecule has 0 saturated carbocycles. The van der Waals surface area contributed by atoms with Gasteiger partial charge < -0.3 is 24.8 Å². The molecular weight excluding hydrogens is 352 g/mol. The third-order valence-electron chi connectivity index (χ3n) is 1.21. The molecule has 16 heavy (non-hydrogen) atoms. The maximum atomic E-state index is 2.89. The minimum Gasteiger partial charge on any atom is -1.00 e. The third kappa shape index (κ3) is 16.5. The van der Waals surface area contributed by atoms with E-state index in [0.29, 0.717) is 0 Å². The van der Waals surface area contributed by atoms with Crippen molar-refractivity contribution in [1.29, 1.82) is 0 Å². The van der Waals surface area contributed by atoms with Gasteiger partial charge in [-0.05, 0) is 0 Å². The van der Waals surface area contributed by atoms with Gasteiger partial charge in [-0.1, -0.05) is 0 Å². The van der Waals surface area contributed by atoms with Crippen molar-refractivity contribution < 1.29 is 45.2 Å². The molecule has 1 atom stereocenters. The summed E-state index contributed by atoms with van der Waals surface area (Å²) in [5, 5.41) is 0. The van der Waals surface area contributed by atoms with Crippen molar-refractivity contribution >= 4 is 9.90 Å². The second kappa shape index (κ2) is 20.5. The van der Waals surface area contributed by atoms with Gasteiger partial charge in [0.1, 0.15) is 0 Å². The molecule has 0 aliphatic rings. The standard InChI is InChI=1S/2C6H5.2ClH.H3P.Pd/c2*1-2-4-6-5-3-1;;;;/h2*1-5H;2*1H;1H3;/q2*-1;;;;+2/p-2. The quantitative estimate of drug-likeness (QED) is 0.266. The van der Waals surface area contributed by atoms with E-state index in [2.05, 4.69) is 12.1 Å². The molecule has 0 radical (unpaired) electrons. The molecule has 0 saturated heterocycles. The second-order valence-corrected chi connectivity index (χ2v) is 2.15. The van der Waals surface area contributed by atoms with E-state index in [1.165, 1.54) is 0 Å². The maximum absolute atomic E-state index is 2.89. The molecule has 92 valence electrons. The monoisotopic (exact) mass is 364 g/mol. The van der Waals surface area contributed by atoms with Gasteiger partial charge in [0.05, 0.1) is 0 Å². The fourth-order valence-electron chi connectivity index (χ4n) is 0.684. The van der Waals surface area contributed by atoms with Crippen molar-refractivity contribution in [3.8, 4) is 0 Å². The van der Waals surface area contributed by atoms with Crippen LogP contribution in [-0.4, -0.2) is 0 Å². The molecule has 0 amide bonds. The van der Waals surface area contributed by atoms with Gasteiger partial charge in [0, 0.05) is 0 Å². The second-order valence-electron chi connectivity index (χ2n) is 2.15. The van der Waals surface area contributed by atoms with E-state index in [1.807, 2.05) is 60.7 Å². The molecule has 4 heteroatoms. The normalized spacial score (nSPS) is 6.00. The van der Waals surface area contributed by atoms with E-state index in [1.54, 1.807) is 0 Å². The first-order valence-corrected chi connectivity index (χ1v) is 3.82. The molecule has 0 aliphatic carbocycles. The summed E-state index contributed by atoms with van der Waals surface area (Å²) < 4.78 is 0. The molecule has 0 aromatic heterocycles. The van der Waals surface area contributed by atoms with Gasteiger partial charge in [-0.15, -0.1) is 0 Å². The summed E-state index contributed by atoms with van der Waals surface area (Å²) in [4.78, 5) is 0. The van der Waals surface area contributed by atoms with Crippen LogP contribution < -0.4 is 24.8 Å². The van der Waals surface area contributed by atoms with Gasteiger partial charge in [0.15, 0.2) is 0 Å². The molecule has 0 spiro atoms.